The van der Waals surface area contributed by atoms with E-state index in [-0.39, 0.29) is 17.8 Å². The zero-order chi connectivity index (χ0) is 15.4. The Labute approximate surface area is 136 Å². The first kappa shape index (κ1) is 15.5. The number of imidazole rings is 1. The first-order valence-electron chi connectivity index (χ1n) is 5.73. The number of carbonyl (C=O) groups is 2. The highest BCUT2D eigenvalue weighted by Gasteiger charge is 2.16. The molecule has 110 valence electrons. The number of nitrogens with one attached hydrogen (secondary N) is 3. The predicted molar refractivity (Wildman–Crippen MR) is 83.2 cm³/mol. The maximum absolute atomic E-state index is 11.8. The topological polar surface area (TPSA) is 107 Å². The fourth-order valence-corrected chi connectivity index (χ4v) is 2.91. The standard InChI is InChI=1S/C12H10Br2N4O3/c13-6-3-7(11(19)20)10(8(14)4-6)18-12(21)17-5-9-15-1-2-16-9/h1-4H,5H2,(H,15,16)(H,19,20)(H2,17,18,21). The number of anilines is 1. The maximum atomic E-state index is 11.8. The van der Waals surface area contributed by atoms with Crippen LogP contribution in [0.15, 0.2) is 33.5 Å². The molecule has 0 unspecified atom stereocenters. The Hall–Kier alpha value is -1.87. The number of aromatic nitrogens is 2. The molecule has 0 saturated carbocycles. The summed E-state index contributed by atoms with van der Waals surface area (Å²) in [5.74, 6) is -0.545. The van der Waals surface area contributed by atoms with Gasteiger partial charge in [-0.1, -0.05) is 15.9 Å². The van der Waals surface area contributed by atoms with Crippen LogP contribution in [0.2, 0.25) is 0 Å². The molecule has 0 atom stereocenters. The average molecular weight is 418 g/mol. The SMILES string of the molecule is O=C(NCc1ncc[nH]1)Nc1c(Br)cc(Br)cc1C(=O)O. The van der Waals surface area contributed by atoms with Crippen molar-refractivity contribution in [1.82, 2.24) is 15.3 Å². The largest absolute Gasteiger partial charge is 0.478 e. The number of hydrogen-bond acceptors (Lipinski definition) is 3. The molecule has 0 aliphatic carbocycles. The van der Waals surface area contributed by atoms with Crippen LogP contribution in [-0.2, 0) is 6.54 Å². The summed E-state index contributed by atoms with van der Waals surface area (Å²) in [6, 6.07) is 2.53. The van der Waals surface area contributed by atoms with E-state index in [1.165, 1.54) is 6.07 Å². The molecule has 9 heteroatoms. The van der Waals surface area contributed by atoms with E-state index in [0.717, 1.165) is 0 Å². The molecule has 0 spiro atoms. The number of amides is 2. The first-order valence-corrected chi connectivity index (χ1v) is 7.31. The van der Waals surface area contributed by atoms with Crippen LogP contribution in [0.5, 0.6) is 0 Å². The van der Waals surface area contributed by atoms with Crippen molar-refractivity contribution in [3.63, 3.8) is 0 Å². The molecular weight excluding hydrogens is 408 g/mol. The Balaban J connectivity index is 2.11. The van der Waals surface area contributed by atoms with Gasteiger partial charge in [-0.3, -0.25) is 0 Å². The summed E-state index contributed by atoms with van der Waals surface area (Å²) in [6.45, 7) is 0.204. The third-order valence-corrected chi connectivity index (χ3v) is 3.58. The summed E-state index contributed by atoms with van der Waals surface area (Å²) in [7, 11) is 0. The smallest absolute Gasteiger partial charge is 0.337 e. The van der Waals surface area contributed by atoms with Gasteiger partial charge in [0, 0.05) is 21.3 Å². The first-order chi connectivity index (χ1) is 9.97. The number of carbonyl (C=O) groups excluding carboxylic acids is 1. The zero-order valence-electron chi connectivity index (χ0n) is 10.5. The van der Waals surface area contributed by atoms with Gasteiger partial charge in [0.05, 0.1) is 17.8 Å². The number of aromatic amines is 1. The highest BCUT2D eigenvalue weighted by Crippen LogP contribution is 2.30. The number of carboxylic acids is 1. The van der Waals surface area contributed by atoms with E-state index in [2.05, 4.69) is 52.5 Å². The van der Waals surface area contributed by atoms with Crippen LogP contribution in [0.3, 0.4) is 0 Å². The van der Waals surface area contributed by atoms with Gasteiger partial charge in [0.25, 0.3) is 0 Å². The number of H-pyrrole nitrogens is 1. The summed E-state index contributed by atoms with van der Waals surface area (Å²) in [5, 5.41) is 14.3. The Kier molecular flexibility index (Phi) is 4.97. The minimum Gasteiger partial charge on any atom is -0.478 e. The van der Waals surface area contributed by atoms with E-state index in [9.17, 15) is 14.7 Å². The van der Waals surface area contributed by atoms with Crippen LogP contribution in [0, 0.1) is 0 Å². The summed E-state index contributed by atoms with van der Waals surface area (Å²) in [5.41, 5.74) is 0.159. The molecule has 0 aliphatic rings. The minimum absolute atomic E-state index is 0.0237. The summed E-state index contributed by atoms with van der Waals surface area (Å²) >= 11 is 6.43. The molecule has 1 aromatic carbocycles. The molecule has 2 rings (SSSR count). The van der Waals surface area contributed by atoms with E-state index in [1.54, 1.807) is 18.5 Å². The molecule has 0 radical (unpaired) electrons. The molecule has 2 amide bonds. The van der Waals surface area contributed by atoms with Gasteiger partial charge in [-0.25, -0.2) is 14.6 Å². The highest BCUT2D eigenvalue weighted by atomic mass is 79.9. The summed E-state index contributed by atoms with van der Waals surface area (Å²) in [6.07, 6.45) is 3.21. The van der Waals surface area contributed by atoms with Gasteiger partial charge >= 0.3 is 12.0 Å². The second-order valence-electron chi connectivity index (χ2n) is 3.96. The molecule has 0 fully saturated rings. The monoisotopic (exact) mass is 416 g/mol. The lowest BCUT2D eigenvalue weighted by atomic mass is 10.2. The molecule has 4 N–H and O–H groups in total. The van der Waals surface area contributed by atoms with E-state index in [4.69, 9.17) is 0 Å². The van der Waals surface area contributed by atoms with Crippen LogP contribution in [0.25, 0.3) is 0 Å². The van der Waals surface area contributed by atoms with Gasteiger partial charge in [0.1, 0.15) is 5.82 Å². The van der Waals surface area contributed by atoms with Crippen molar-refractivity contribution in [1.29, 1.82) is 0 Å². The fourth-order valence-electron chi connectivity index (χ4n) is 1.59. The van der Waals surface area contributed by atoms with Crippen LogP contribution in [0.4, 0.5) is 10.5 Å². The summed E-state index contributed by atoms with van der Waals surface area (Å²) < 4.78 is 1.05. The van der Waals surface area contributed by atoms with Crippen LogP contribution in [0.1, 0.15) is 16.2 Å². The third-order valence-electron chi connectivity index (χ3n) is 2.50. The number of aromatic carboxylic acids is 1. The molecule has 21 heavy (non-hydrogen) atoms. The Bertz CT molecular complexity index is 673. The van der Waals surface area contributed by atoms with E-state index in [1.807, 2.05) is 0 Å². The highest BCUT2D eigenvalue weighted by molar-refractivity contribution is 9.11. The molecule has 0 aliphatic heterocycles. The van der Waals surface area contributed by atoms with Gasteiger partial charge in [0.15, 0.2) is 0 Å². The second-order valence-corrected chi connectivity index (χ2v) is 5.73. The Morgan fingerprint density at radius 2 is 2.10 bits per heavy atom. The number of carboxylic acid groups (broad SMARTS) is 1. The third kappa shape index (κ3) is 4.05. The average Bonchev–Trinajstić information content (AvgIpc) is 2.92. The van der Waals surface area contributed by atoms with Crippen molar-refractivity contribution in [3.8, 4) is 0 Å². The van der Waals surface area contributed by atoms with Gasteiger partial charge in [-0.05, 0) is 28.1 Å². The number of urea groups is 1. The molecule has 1 aromatic heterocycles. The van der Waals surface area contributed by atoms with Crippen molar-refractivity contribution < 1.29 is 14.7 Å². The molecule has 0 saturated heterocycles. The van der Waals surface area contributed by atoms with Crippen molar-refractivity contribution in [2.45, 2.75) is 6.54 Å². The minimum atomic E-state index is -1.14. The van der Waals surface area contributed by atoms with Crippen molar-refractivity contribution >= 4 is 49.5 Å². The number of nitrogens with zero attached hydrogens (tertiary/aromatic N) is 1. The van der Waals surface area contributed by atoms with Crippen LogP contribution in [-0.4, -0.2) is 27.1 Å². The quantitative estimate of drug-likeness (QED) is 0.613. The lowest BCUT2D eigenvalue weighted by molar-refractivity contribution is 0.0698. The fraction of sp³-hybridized carbons (Fsp3) is 0.0833. The number of benzene rings is 1. The van der Waals surface area contributed by atoms with E-state index >= 15 is 0 Å². The maximum Gasteiger partial charge on any atom is 0.337 e. The van der Waals surface area contributed by atoms with Gasteiger partial charge < -0.3 is 20.7 Å². The molecule has 2 aromatic rings. The van der Waals surface area contributed by atoms with Crippen molar-refractivity contribution in [2.24, 2.45) is 0 Å². The molecule has 1 heterocycles. The number of rotatable bonds is 4. The lowest BCUT2D eigenvalue weighted by Crippen LogP contribution is -2.29. The van der Waals surface area contributed by atoms with Gasteiger partial charge in [-0.2, -0.15) is 0 Å². The molecule has 0 bridgehead atoms. The van der Waals surface area contributed by atoms with Crippen molar-refractivity contribution in [3.05, 3.63) is 44.9 Å². The van der Waals surface area contributed by atoms with E-state index < -0.39 is 12.0 Å². The Morgan fingerprint density at radius 1 is 1.33 bits per heavy atom. The second kappa shape index (κ2) is 6.72. The van der Waals surface area contributed by atoms with Gasteiger partial charge in [-0.15, -0.1) is 0 Å². The molecular formula is C12H10Br2N4O3. The number of halogens is 2. The molecule has 7 nitrogen and oxygen atoms in total. The van der Waals surface area contributed by atoms with Crippen LogP contribution >= 0.6 is 31.9 Å². The summed E-state index contributed by atoms with van der Waals surface area (Å²) in [4.78, 5) is 29.9. The van der Waals surface area contributed by atoms with Crippen LogP contribution < -0.4 is 10.6 Å². The number of hydrogen-bond donors (Lipinski definition) is 4. The zero-order valence-corrected chi connectivity index (χ0v) is 13.7. The predicted octanol–water partition coefficient (Wildman–Crippen LogP) is 2.95. The van der Waals surface area contributed by atoms with E-state index in [0.29, 0.717) is 14.8 Å². The lowest BCUT2D eigenvalue weighted by Gasteiger charge is -2.12. The Morgan fingerprint density at radius 3 is 2.71 bits per heavy atom. The van der Waals surface area contributed by atoms with Gasteiger partial charge in [0.2, 0.25) is 0 Å². The normalized spacial score (nSPS) is 10.2. The van der Waals surface area contributed by atoms with Crippen molar-refractivity contribution in [2.75, 3.05) is 5.32 Å².